The zero-order valence-electron chi connectivity index (χ0n) is 17.0. The Morgan fingerprint density at radius 3 is 2.38 bits per heavy atom. The average Bonchev–Trinajstić information content (AvgIpc) is 3.30. The minimum atomic E-state index is -3.74. The number of nitrogens with zero attached hydrogens (tertiary/aromatic N) is 4. The van der Waals surface area contributed by atoms with Crippen molar-refractivity contribution in [2.75, 3.05) is 17.0 Å². The number of carbonyl (C=O) groups excluding carboxylic acids is 2. The maximum absolute atomic E-state index is 12.4. The molecule has 1 fully saturated rings. The first kappa shape index (κ1) is 21.5. The number of likely N-dealkylation sites (tertiary alicyclic amines) is 1. The number of nitrogens with one attached hydrogen (secondary N) is 1. The Morgan fingerprint density at radius 1 is 1.00 bits per heavy atom. The van der Waals surface area contributed by atoms with Crippen LogP contribution in [0.2, 0.25) is 0 Å². The van der Waals surface area contributed by atoms with Crippen molar-refractivity contribution in [3.05, 3.63) is 61.2 Å². The van der Waals surface area contributed by atoms with Gasteiger partial charge in [-0.1, -0.05) is 0 Å². The van der Waals surface area contributed by atoms with E-state index < -0.39 is 10.0 Å². The Kier molecular flexibility index (Phi) is 6.17. The van der Waals surface area contributed by atoms with E-state index in [0.717, 1.165) is 4.90 Å². The molecule has 32 heavy (non-hydrogen) atoms. The Balaban J connectivity index is 1.36. The van der Waals surface area contributed by atoms with Crippen molar-refractivity contribution in [3.8, 4) is 17.4 Å². The van der Waals surface area contributed by atoms with Crippen LogP contribution in [0.5, 0.6) is 11.6 Å². The van der Waals surface area contributed by atoms with Crippen molar-refractivity contribution >= 4 is 27.5 Å². The average molecular weight is 455 g/mol. The minimum Gasteiger partial charge on any atom is -0.439 e. The molecule has 1 aliphatic rings. The van der Waals surface area contributed by atoms with Gasteiger partial charge in [-0.3, -0.25) is 19.2 Å². The van der Waals surface area contributed by atoms with E-state index in [-0.39, 0.29) is 37.0 Å². The highest BCUT2D eigenvalue weighted by Crippen LogP contribution is 2.23. The van der Waals surface area contributed by atoms with Crippen LogP contribution in [-0.2, 0) is 19.6 Å². The number of hydrogen-bond donors (Lipinski definition) is 1. The molecule has 1 aromatic carbocycles. The molecule has 0 unspecified atom stereocenters. The second-order valence-electron chi connectivity index (χ2n) is 7.14. The summed E-state index contributed by atoms with van der Waals surface area (Å²) >= 11 is 0. The monoisotopic (exact) mass is 455 g/mol. The zero-order chi connectivity index (χ0) is 22.6. The van der Waals surface area contributed by atoms with Crippen molar-refractivity contribution in [3.63, 3.8) is 0 Å². The summed E-state index contributed by atoms with van der Waals surface area (Å²) in [6.45, 7) is -0.161. The number of carbonyl (C=O) groups is 2. The fraction of sp³-hybridized carbons (Fsp3) is 0.238. The molecule has 1 aliphatic heterocycles. The van der Waals surface area contributed by atoms with Gasteiger partial charge in [-0.15, -0.1) is 0 Å². The van der Waals surface area contributed by atoms with Crippen LogP contribution in [0.25, 0.3) is 5.82 Å². The molecule has 1 N–H and O–H groups in total. The number of amides is 2. The number of imide groups is 1. The number of sulfonamides is 1. The lowest BCUT2D eigenvalue weighted by Gasteiger charge is -2.24. The summed E-state index contributed by atoms with van der Waals surface area (Å²) in [6, 6.07) is 11.8. The molecule has 1 saturated heterocycles. The SMILES string of the molecule is O=C1CCCC(=O)N1CCS(=O)(=O)Nc1ccc(Oc2cc(-n3cccc3)ncn2)cc1. The molecule has 0 atom stereocenters. The Labute approximate surface area is 184 Å². The van der Waals surface area contributed by atoms with Crippen LogP contribution in [0.3, 0.4) is 0 Å². The van der Waals surface area contributed by atoms with E-state index in [9.17, 15) is 18.0 Å². The van der Waals surface area contributed by atoms with Gasteiger partial charge >= 0.3 is 0 Å². The molecule has 10 nitrogen and oxygen atoms in total. The molecule has 0 bridgehead atoms. The summed E-state index contributed by atoms with van der Waals surface area (Å²) < 4.78 is 34.7. The molecule has 0 spiro atoms. The summed E-state index contributed by atoms with van der Waals surface area (Å²) in [5, 5.41) is 0. The van der Waals surface area contributed by atoms with Crippen LogP contribution in [0, 0.1) is 0 Å². The number of ether oxygens (including phenoxy) is 1. The molecule has 3 heterocycles. The number of rotatable bonds is 8. The zero-order valence-corrected chi connectivity index (χ0v) is 17.9. The third-order valence-corrected chi connectivity index (χ3v) is 6.08. The highest BCUT2D eigenvalue weighted by Gasteiger charge is 2.27. The summed E-state index contributed by atoms with van der Waals surface area (Å²) in [5.41, 5.74) is 0.337. The van der Waals surface area contributed by atoms with Crippen LogP contribution in [0.4, 0.5) is 5.69 Å². The van der Waals surface area contributed by atoms with E-state index in [1.807, 2.05) is 29.1 Å². The number of hydrogen-bond acceptors (Lipinski definition) is 7. The summed E-state index contributed by atoms with van der Waals surface area (Å²) in [4.78, 5) is 32.9. The van der Waals surface area contributed by atoms with E-state index in [2.05, 4.69) is 14.7 Å². The van der Waals surface area contributed by atoms with Crippen molar-refractivity contribution < 1.29 is 22.7 Å². The van der Waals surface area contributed by atoms with Gasteiger partial charge in [0.2, 0.25) is 27.7 Å². The quantitative estimate of drug-likeness (QED) is 0.517. The first-order valence-corrected chi connectivity index (χ1v) is 11.6. The molecule has 3 aromatic rings. The van der Waals surface area contributed by atoms with Gasteiger partial charge in [-0.2, -0.15) is 0 Å². The fourth-order valence-corrected chi connectivity index (χ4v) is 4.24. The number of benzene rings is 1. The lowest BCUT2D eigenvalue weighted by Crippen LogP contribution is -2.43. The fourth-order valence-electron chi connectivity index (χ4n) is 3.22. The molecule has 0 saturated carbocycles. The Morgan fingerprint density at radius 2 is 1.69 bits per heavy atom. The van der Waals surface area contributed by atoms with Gasteiger partial charge in [-0.25, -0.2) is 18.4 Å². The van der Waals surface area contributed by atoms with Gasteiger partial charge in [0.1, 0.15) is 17.9 Å². The maximum Gasteiger partial charge on any atom is 0.234 e. The standard InChI is InChI=1S/C21H21N5O5S/c27-20-4-3-5-21(28)26(20)12-13-32(29,30)24-16-6-8-17(9-7-16)31-19-14-18(22-15-23-19)25-10-1-2-11-25/h1-2,6-11,14-15,24H,3-5,12-13H2. The normalized spacial score (nSPS) is 14.4. The van der Waals surface area contributed by atoms with Crippen molar-refractivity contribution in [2.45, 2.75) is 19.3 Å². The van der Waals surface area contributed by atoms with Gasteiger partial charge in [-0.05, 0) is 42.8 Å². The summed E-state index contributed by atoms with van der Waals surface area (Å²) in [7, 11) is -3.74. The van der Waals surface area contributed by atoms with Crippen molar-refractivity contribution in [2.24, 2.45) is 0 Å². The van der Waals surface area contributed by atoms with Crippen LogP contribution in [-0.4, -0.2) is 52.0 Å². The topological polar surface area (TPSA) is 123 Å². The number of anilines is 1. The van der Waals surface area contributed by atoms with E-state index in [1.165, 1.54) is 6.33 Å². The lowest BCUT2D eigenvalue weighted by atomic mass is 10.1. The van der Waals surface area contributed by atoms with Gasteiger partial charge in [0.05, 0.1) is 5.75 Å². The molecule has 4 rings (SSSR count). The lowest BCUT2D eigenvalue weighted by molar-refractivity contribution is -0.147. The molecular formula is C21H21N5O5S. The first-order chi connectivity index (χ1) is 15.4. The molecule has 0 aliphatic carbocycles. The molecule has 2 amide bonds. The predicted molar refractivity (Wildman–Crippen MR) is 116 cm³/mol. The van der Waals surface area contributed by atoms with E-state index in [4.69, 9.17) is 4.74 Å². The van der Waals surface area contributed by atoms with Gasteiger partial charge in [0.25, 0.3) is 0 Å². The largest absolute Gasteiger partial charge is 0.439 e. The minimum absolute atomic E-state index is 0.161. The second-order valence-corrected chi connectivity index (χ2v) is 8.99. The van der Waals surface area contributed by atoms with Gasteiger partial charge < -0.3 is 9.30 Å². The number of aromatic nitrogens is 3. The van der Waals surface area contributed by atoms with Crippen molar-refractivity contribution in [1.29, 1.82) is 0 Å². The van der Waals surface area contributed by atoms with Gasteiger partial charge in [0, 0.05) is 43.5 Å². The first-order valence-electron chi connectivity index (χ1n) is 9.97. The Bertz CT molecular complexity index is 1190. The summed E-state index contributed by atoms with van der Waals surface area (Å²) in [6.07, 6.45) is 6.13. The van der Waals surface area contributed by atoms with Crippen LogP contribution >= 0.6 is 0 Å². The molecule has 0 radical (unpaired) electrons. The van der Waals surface area contributed by atoms with E-state index >= 15 is 0 Å². The van der Waals surface area contributed by atoms with Crippen LogP contribution in [0.1, 0.15) is 19.3 Å². The molecule has 2 aromatic heterocycles. The highest BCUT2D eigenvalue weighted by atomic mass is 32.2. The van der Waals surface area contributed by atoms with E-state index in [0.29, 0.717) is 29.6 Å². The number of piperidine rings is 1. The second kappa shape index (κ2) is 9.18. The maximum atomic E-state index is 12.4. The van der Waals surface area contributed by atoms with E-state index in [1.54, 1.807) is 30.3 Å². The molecule has 11 heteroatoms. The third kappa shape index (κ3) is 5.30. The highest BCUT2D eigenvalue weighted by molar-refractivity contribution is 7.92. The smallest absolute Gasteiger partial charge is 0.234 e. The predicted octanol–water partition coefficient (Wildman–Crippen LogP) is 2.34. The van der Waals surface area contributed by atoms with Gasteiger partial charge in [0.15, 0.2) is 0 Å². The Hall–Kier alpha value is -3.73. The molecule has 166 valence electrons. The third-order valence-electron chi connectivity index (χ3n) is 4.81. The molecular weight excluding hydrogens is 434 g/mol. The van der Waals surface area contributed by atoms with Crippen LogP contribution in [0.15, 0.2) is 61.2 Å². The van der Waals surface area contributed by atoms with Crippen molar-refractivity contribution in [1.82, 2.24) is 19.4 Å². The summed E-state index contributed by atoms with van der Waals surface area (Å²) in [5.74, 6) is 0.425. The van der Waals surface area contributed by atoms with Crippen LogP contribution < -0.4 is 9.46 Å².